The monoisotopic (exact) mass is 166 g/mol. The molecule has 4 heteroatoms. The van der Waals surface area contributed by atoms with Gasteiger partial charge in [-0.1, -0.05) is 17.7 Å². The summed E-state index contributed by atoms with van der Waals surface area (Å²) < 4.78 is 0. The van der Waals surface area contributed by atoms with Gasteiger partial charge in [-0.2, -0.15) is 0 Å². The van der Waals surface area contributed by atoms with Gasteiger partial charge in [0.25, 0.3) is 5.91 Å². The molecule has 0 spiro atoms. The van der Waals surface area contributed by atoms with E-state index in [2.05, 4.69) is 5.43 Å². The van der Waals surface area contributed by atoms with Gasteiger partial charge in [0.05, 0.1) is 0 Å². The molecule has 0 saturated heterocycles. The van der Waals surface area contributed by atoms with Crippen LogP contribution in [-0.4, -0.2) is 11.1 Å². The summed E-state index contributed by atoms with van der Waals surface area (Å²) in [6.07, 6.45) is 0. The number of amides is 1. The molecule has 0 unspecified atom stereocenters. The number of carbonyl (C=O) groups excluding carboxylic acids is 1. The smallest absolute Gasteiger partial charge is 0.267 e. The SMILES string of the molecule is Cc1cccc(C(=O)NNO)c1. The minimum atomic E-state index is -0.360. The predicted octanol–water partition coefficient (Wildman–Crippen LogP) is 0.619. The summed E-state index contributed by atoms with van der Waals surface area (Å²) >= 11 is 0. The molecule has 1 rings (SSSR count). The molecule has 0 atom stereocenters. The number of carbonyl (C=O) groups is 1. The van der Waals surface area contributed by atoms with E-state index in [9.17, 15) is 4.79 Å². The van der Waals surface area contributed by atoms with Gasteiger partial charge in [-0.25, -0.2) is 0 Å². The molecule has 1 aromatic rings. The van der Waals surface area contributed by atoms with E-state index in [1.54, 1.807) is 23.8 Å². The first-order chi connectivity index (χ1) is 5.74. The lowest BCUT2D eigenvalue weighted by atomic mass is 10.1. The number of rotatable bonds is 2. The van der Waals surface area contributed by atoms with Gasteiger partial charge in [0, 0.05) is 5.56 Å². The molecule has 64 valence electrons. The Balaban J connectivity index is 2.81. The van der Waals surface area contributed by atoms with Gasteiger partial charge in [0.1, 0.15) is 0 Å². The first-order valence-corrected chi connectivity index (χ1v) is 3.50. The van der Waals surface area contributed by atoms with Gasteiger partial charge >= 0.3 is 0 Å². The van der Waals surface area contributed by atoms with Crippen LogP contribution >= 0.6 is 0 Å². The Morgan fingerprint density at radius 3 is 2.83 bits per heavy atom. The molecule has 0 aliphatic carbocycles. The van der Waals surface area contributed by atoms with Crippen molar-refractivity contribution in [1.82, 2.24) is 11.0 Å². The number of nitrogens with one attached hydrogen (secondary N) is 2. The number of aryl methyl sites for hydroxylation is 1. The second-order valence-corrected chi connectivity index (χ2v) is 2.44. The lowest BCUT2D eigenvalue weighted by molar-refractivity contribution is 0.0731. The molecule has 0 bridgehead atoms. The summed E-state index contributed by atoms with van der Waals surface area (Å²) in [5.74, 6) is -0.360. The summed E-state index contributed by atoms with van der Waals surface area (Å²) in [7, 11) is 0. The van der Waals surface area contributed by atoms with Crippen LogP contribution in [0.25, 0.3) is 0 Å². The van der Waals surface area contributed by atoms with Gasteiger partial charge in [-0.3, -0.25) is 15.4 Å². The Labute approximate surface area is 70.1 Å². The first-order valence-electron chi connectivity index (χ1n) is 3.50. The molecule has 0 radical (unpaired) electrons. The van der Waals surface area contributed by atoms with Crippen molar-refractivity contribution in [3.05, 3.63) is 35.4 Å². The van der Waals surface area contributed by atoms with Crippen molar-refractivity contribution in [3.63, 3.8) is 0 Å². The molecule has 0 aromatic heterocycles. The number of hydrogen-bond donors (Lipinski definition) is 3. The predicted molar refractivity (Wildman–Crippen MR) is 43.6 cm³/mol. The molecule has 1 amide bonds. The van der Waals surface area contributed by atoms with Gasteiger partial charge in [-0.15, -0.1) is 5.59 Å². The minimum absolute atomic E-state index is 0.360. The van der Waals surface area contributed by atoms with Crippen LogP contribution in [-0.2, 0) is 0 Å². The number of hydrogen-bond acceptors (Lipinski definition) is 3. The van der Waals surface area contributed by atoms with Crippen LogP contribution in [0.15, 0.2) is 24.3 Å². The first kappa shape index (κ1) is 8.70. The van der Waals surface area contributed by atoms with Crippen molar-refractivity contribution in [2.24, 2.45) is 0 Å². The van der Waals surface area contributed by atoms with Gasteiger partial charge in [0.2, 0.25) is 0 Å². The molecule has 0 aliphatic rings. The van der Waals surface area contributed by atoms with Crippen molar-refractivity contribution in [2.45, 2.75) is 6.92 Å². The largest absolute Gasteiger partial charge is 0.297 e. The quantitative estimate of drug-likeness (QED) is 0.564. The number of hydrazine groups is 1. The van der Waals surface area contributed by atoms with E-state index in [1.165, 1.54) is 0 Å². The maximum atomic E-state index is 11.1. The van der Waals surface area contributed by atoms with Crippen molar-refractivity contribution in [1.29, 1.82) is 0 Å². The average molecular weight is 166 g/mol. The summed E-state index contributed by atoms with van der Waals surface area (Å²) in [5.41, 5.74) is 5.15. The fourth-order valence-electron chi connectivity index (χ4n) is 0.909. The molecule has 0 aliphatic heterocycles. The van der Waals surface area contributed by atoms with Crippen LogP contribution in [0.3, 0.4) is 0 Å². The van der Waals surface area contributed by atoms with Gasteiger partial charge in [0.15, 0.2) is 0 Å². The highest BCUT2D eigenvalue weighted by atomic mass is 16.5. The summed E-state index contributed by atoms with van der Waals surface area (Å²) in [6, 6.07) is 7.07. The second-order valence-electron chi connectivity index (χ2n) is 2.44. The second kappa shape index (κ2) is 3.85. The van der Waals surface area contributed by atoms with E-state index in [0.29, 0.717) is 5.56 Å². The lowest BCUT2D eigenvalue weighted by Gasteiger charge is -2.01. The Morgan fingerprint density at radius 1 is 1.50 bits per heavy atom. The molecular weight excluding hydrogens is 156 g/mol. The fraction of sp³-hybridized carbons (Fsp3) is 0.125. The fourth-order valence-corrected chi connectivity index (χ4v) is 0.909. The van der Waals surface area contributed by atoms with Crippen LogP contribution in [0.1, 0.15) is 15.9 Å². The van der Waals surface area contributed by atoms with Crippen LogP contribution in [0.4, 0.5) is 0 Å². The normalized spacial score (nSPS) is 9.50. The third-order valence-electron chi connectivity index (χ3n) is 1.45. The standard InChI is InChI=1S/C8H10N2O2/c1-6-3-2-4-7(5-6)8(11)9-10-12/h2-5,10,12H,1H3,(H,9,11). The average Bonchev–Trinajstić information content (AvgIpc) is 2.05. The molecule has 12 heavy (non-hydrogen) atoms. The maximum Gasteiger partial charge on any atom is 0.267 e. The topological polar surface area (TPSA) is 61.4 Å². The Bertz CT molecular complexity index is 286. The molecule has 0 fully saturated rings. The summed E-state index contributed by atoms with van der Waals surface area (Å²) in [5, 5.41) is 8.19. The highest BCUT2D eigenvalue weighted by Crippen LogP contribution is 2.02. The van der Waals surface area contributed by atoms with Crippen LogP contribution in [0.2, 0.25) is 0 Å². The molecule has 0 heterocycles. The van der Waals surface area contributed by atoms with Gasteiger partial charge < -0.3 is 0 Å². The number of benzene rings is 1. The van der Waals surface area contributed by atoms with Crippen molar-refractivity contribution >= 4 is 5.91 Å². The van der Waals surface area contributed by atoms with Crippen LogP contribution < -0.4 is 11.0 Å². The third-order valence-corrected chi connectivity index (χ3v) is 1.45. The van der Waals surface area contributed by atoms with E-state index in [-0.39, 0.29) is 5.91 Å². The van der Waals surface area contributed by atoms with Crippen molar-refractivity contribution in [3.8, 4) is 0 Å². The van der Waals surface area contributed by atoms with E-state index >= 15 is 0 Å². The third kappa shape index (κ3) is 2.05. The van der Waals surface area contributed by atoms with E-state index in [1.807, 2.05) is 13.0 Å². The van der Waals surface area contributed by atoms with Gasteiger partial charge in [-0.05, 0) is 19.1 Å². The zero-order chi connectivity index (χ0) is 8.97. The maximum absolute atomic E-state index is 11.1. The Morgan fingerprint density at radius 2 is 2.25 bits per heavy atom. The van der Waals surface area contributed by atoms with Crippen LogP contribution in [0.5, 0.6) is 0 Å². The minimum Gasteiger partial charge on any atom is -0.297 e. The highest BCUT2D eigenvalue weighted by Gasteiger charge is 2.02. The molecule has 3 N–H and O–H groups in total. The van der Waals surface area contributed by atoms with E-state index < -0.39 is 0 Å². The molecule has 0 saturated carbocycles. The van der Waals surface area contributed by atoms with E-state index in [0.717, 1.165) is 5.56 Å². The summed E-state index contributed by atoms with van der Waals surface area (Å²) in [6.45, 7) is 1.89. The molecule has 1 aromatic carbocycles. The zero-order valence-corrected chi connectivity index (χ0v) is 6.66. The molecular formula is C8H10N2O2. The van der Waals surface area contributed by atoms with E-state index in [4.69, 9.17) is 5.21 Å². The highest BCUT2D eigenvalue weighted by molar-refractivity contribution is 5.93. The molecule has 4 nitrogen and oxygen atoms in total. The Hall–Kier alpha value is -1.39. The van der Waals surface area contributed by atoms with Crippen LogP contribution in [0, 0.1) is 6.92 Å². The Kier molecular flexibility index (Phi) is 2.79. The lowest BCUT2D eigenvalue weighted by Crippen LogP contribution is -2.34. The zero-order valence-electron chi connectivity index (χ0n) is 6.66. The summed E-state index contributed by atoms with van der Waals surface area (Å²) in [4.78, 5) is 11.1. The van der Waals surface area contributed by atoms with Crippen molar-refractivity contribution < 1.29 is 10.0 Å². The van der Waals surface area contributed by atoms with Crippen molar-refractivity contribution in [2.75, 3.05) is 0 Å².